The summed E-state index contributed by atoms with van der Waals surface area (Å²) in [6, 6.07) is -1.03. The van der Waals surface area contributed by atoms with Crippen molar-refractivity contribution >= 4 is 11.9 Å². The van der Waals surface area contributed by atoms with Gasteiger partial charge in [0.05, 0.1) is 25.4 Å². The zero-order valence-corrected chi connectivity index (χ0v) is 58.7. The van der Waals surface area contributed by atoms with Gasteiger partial charge in [0.2, 0.25) is 5.91 Å². The van der Waals surface area contributed by atoms with Crippen molar-refractivity contribution in [3.05, 3.63) is 97.2 Å². The van der Waals surface area contributed by atoms with Crippen molar-refractivity contribution in [1.82, 2.24) is 5.32 Å². The number of unbranched alkanes of at least 4 members (excludes halogenated alkanes) is 37. The summed E-state index contributed by atoms with van der Waals surface area (Å²) in [6.45, 7) is 5.76. The van der Waals surface area contributed by atoms with E-state index < -0.39 is 67.4 Å². The number of carbonyl (C=O) groups excluding carboxylic acids is 2. The Kier molecular flexibility index (Phi) is 62.6. The van der Waals surface area contributed by atoms with Crippen LogP contribution >= 0.6 is 0 Å². The topological polar surface area (TPSA) is 175 Å². The zero-order chi connectivity index (χ0) is 66.0. The van der Waals surface area contributed by atoms with Gasteiger partial charge < -0.3 is 45.1 Å². The van der Waals surface area contributed by atoms with Crippen LogP contribution in [0, 0.1) is 0 Å². The molecule has 0 aromatic heterocycles. The molecule has 6 N–H and O–H groups in total. The van der Waals surface area contributed by atoms with Gasteiger partial charge in [-0.25, -0.2) is 0 Å². The van der Waals surface area contributed by atoms with E-state index in [0.29, 0.717) is 12.8 Å². The van der Waals surface area contributed by atoms with Crippen molar-refractivity contribution < 1.29 is 49.3 Å². The molecular formula is C80H141NO10. The van der Waals surface area contributed by atoms with Crippen LogP contribution in [0.3, 0.4) is 0 Å². The number of carbonyl (C=O) groups is 2. The number of hydrogen-bond acceptors (Lipinski definition) is 10. The molecule has 8 unspecified atom stereocenters. The van der Waals surface area contributed by atoms with Gasteiger partial charge in [0.1, 0.15) is 24.4 Å². The summed E-state index contributed by atoms with van der Waals surface area (Å²) < 4.78 is 17.7. The van der Waals surface area contributed by atoms with E-state index in [1.165, 1.54) is 186 Å². The monoisotopic (exact) mass is 1280 g/mol. The second-order valence-corrected chi connectivity index (χ2v) is 26.0. The second-order valence-electron chi connectivity index (χ2n) is 26.0. The lowest BCUT2D eigenvalue weighted by molar-refractivity contribution is -0.305. The Hall–Kier alpha value is -3.42. The number of aliphatic hydroxyl groups is 5. The molecule has 1 amide bonds. The first-order chi connectivity index (χ1) is 44.7. The van der Waals surface area contributed by atoms with Gasteiger partial charge in [-0.1, -0.05) is 317 Å². The van der Waals surface area contributed by atoms with E-state index in [1.807, 2.05) is 6.08 Å². The number of allylic oxidation sites excluding steroid dienone is 15. The molecule has 1 aliphatic rings. The molecule has 0 radical (unpaired) electrons. The Morgan fingerprint density at radius 3 is 1.15 bits per heavy atom. The van der Waals surface area contributed by atoms with E-state index in [4.69, 9.17) is 14.2 Å². The second kappa shape index (κ2) is 66.6. The van der Waals surface area contributed by atoms with Crippen LogP contribution < -0.4 is 5.32 Å². The van der Waals surface area contributed by atoms with Crippen LogP contribution in [0.4, 0.5) is 0 Å². The summed E-state index contributed by atoms with van der Waals surface area (Å²) in [4.78, 5) is 26.7. The number of nitrogens with one attached hydrogen (secondary N) is 1. The maximum atomic E-state index is 13.5. The first kappa shape index (κ1) is 85.6. The number of esters is 1. The van der Waals surface area contributed by atoms with Crippen molar-refractivity contribution in [3.8, 4) is 0 Å². The highest BCUT2D eigenvalue weighted by Gasteiger charge is 2.47. The van der Waals surface area contributed by atoms with Crippen molar-refractivity contribution in [3.63, 3.8) is 0 Å². The summed E-state index contributed by atoms with van der Waals surface area (Å²) >= 11 is 0. The van der Waals surface area contributed by atoms with Crippen molar-refractivity contribution in [2.24, 2.45) is 0 Å². The van der Waals surface area contributed by atoms with Gasteiger partial charge in [0, 0.05) is 6.42 Å². The van der Waals surface area contributed by atoms with Gasteiger partial charge in [0.15, 0.2) is 12.4 Å². The molecule has 91 heavy (non-hydrogen) atoms. The van der Waals surface area contributed by atoms with Crippen molar-refractivity contribution in [2.45, 2.75) is 384 Å². The largest absolute Gasteiger partial charge is 0.454 e. The SMILES string of the molecule is CCCCC/C=C\C/C=C\C/C=C\C/C=C\CCCCCCCCCCCCCC(=O)OC1C(OCC(NC(=O)C(O)CCCCCCCCCCCCC/C=C\C/C=C\C/C=C\CCCCC)C(O)/C=C/CCCCCCCCCCC)OC(CO)C(O)C1O. The van der Waals surface area contributed by atoms with Gasteiger partial charge in [-0.15, -0.1) is 0 Å². The third-order valence-corrected chi connectivity index (χ3v) is 17.5. The lowest BCUT2D eigenvalue weighted by Crippen LogP contribution is -2.61. The fourth-order valence-corrected chi connectivity index (χ4v) is 11.5. The molecular weight excluding hydrogens is 1130 g/mol. The molecule has 1 saturated heterocycles. The molecule has 526 valence electrons. The Balaban J connectivity index is 2.51. The van der Waals surface area contributed by atoms with Crippen molar-refractivity contribution in [1.29, 1.82) is 0 Å². The van der Waals surface area contributed by atoms with Crippen LogP contribution in [0.2, 0.25) is 0 Å². The normalized spacial score (nSPS) is 18.5. The standard InChI is InChI=1S/C80H141NO10/c1-4-7-10-13-16-19-22-24-26-28-30-32-34-36-37-38-40-42-44-46-48-50-53-56-59-62-65-68-75(85)91-78-77(87)76(86)74(69-82)90-80(78)89-70-71(72(83)66-63-60-57-54-51-21-18-15-12-9-6-3)81-79(88)73(84)67-64-61-58-55-52-49-47-45-43-41-39-35-33-31-29-27-25-23-20-17-14-11-8-5-2/h16-17,19-20,24-27,30-33,36-37,63,66,71-74,76-78,80,82-84,86-87H,4-15,18,21-23,28-29,34-35,38-62,64-65,67-70H2,1-3H3,(H,81,88)/b19-16-,20-17-,26-24-,27-25-,32-30-,33-31-,37-36-,66-63+. The number of ether oxygens (including phenoxy) is 3. The highest BCUT2D eigenvalue weighted by molar-refractivity contribution is 5.80. The first-order valence-electron chi connectivity index (χ1n) is 38.0. The van der Waals surface area contributed by atoms with Gasteiger partial charge >= 0.3 is 5.97 Å². The summed E-state index contributed by atoms with van der Waals surface area (Å²) in [6.07, 6.45) is 80.2. The van der Waals surface area contributed by atoms with Crippen LogP contribution in [0.15, 0.2) is 97.2 Å². The predicted molar refractivity (Wildman–Crippen MR) is 384 cm³/mol. The average molecular weight is 1280 g/mol. The molecule has 11 heteroatoms. The Bertz CT molecular complexity index is 1860. The highest BCUT2D eigenvalue weighted by Crippen LogP contribution is 2.26. The number of aliphatic hydroxyl groups excluding tert-OH is 5. The summed E-state index contributed by atoms with van der Waals surface area (Å²) in [5, 5.41) is 57.3. The summed E-state index contributed by atoms with van der Waals surface area (Å²) in [7, 11) is 0. The maximum absolute atomic E-state index is 13.5. The Labute approximate surface area is 558 Å². The molecule has 11 nitrogen and oxygen atoms in total. The quantitative estimate of drug-likeness (QED) is 0.0195. The van der Waals surface area contributed by atoms with Crippen LogP contribution in [-0.2, 0) is 23.8 Å². The van der Waals surface area contributed by atoms with E-state index >= 15 is 0 Å². The zero-order valence-electron chi connectivity index (χ0n) is 58.7. The molecule has 0 saturated carbocycles. The van der Waals surface area contributed by atoms with Crippen LogP contribution in [0.1, 0.15) is 335 Å². The van der Waals surface area contributed by atoms with E-state index in [9.17, 15) is 35.1 Å². The molecule has 1 aliphatic heterocycles. The Morgan fingerprint density at radius 2 is 0.758 bits per heavy atom. The Morgan fingerprint density at radius 1 is 0.429 bits per heavy atom. The van der Waals surface area contributed by atoms with Crippen LogP contribution in [0.25, 0.3) is 0 Å². The summed E-state index contributed by atoms with van der Waals surface area (Å²) in [5.41, 5.74) is 0. The minimum Gasteiger partial charge on any atom is -0.454 e. The predicted octanol–water partition coefficient (Wildman–Crippen LogP) is 20.2. The third-order valence-electron chi connectivity index (χ3n) is 17.5. The maximum Gasteiger partial charge on any atom is 0.306 e. The third kappa shape index (κ3) is 53.5. The van der Waals surface area contributed by atoms with Crippen LogP contribution in [-0.4, -0.2) is 99.6 Å². The first-order valence-corrected chi connectivity index (χ1v) is 38.0. The van der Waals surface area contributed by atoms with E-state index in [0.717, 1.165) is 103 Å². The average Bonchev–Trinajstić information content (AvgIpc) is 1.14. The van der Waals surface area contributed by atoms with E-state index in [1.54, 1.807) is 6.08 Å². The molecule has 1 heterocycles. The number of hydrogen-bond donors (Lipinski definition) is 6. The molecule has 0 aromatic rings. The van der Waals surface area contributed by atoms with Crippen LogP contribution in [0.5, 0.6) is 0 Å². The lowest BCUT2D eigenvalue weighted by atomic mass is 9.99. The lowest BCUT2D eigenvalue weighted by Gasteiger charge is -2.41. The minimum absolute atomic E-state index is 0.116. The molecule has 0 aliphatic carbocycles. The van der Waals surface area contributed by atoms with E-state index in [2.05, 4.69) is 111 Å². The fraction of sp³-hybridized carbons (Fsp3) is 0.775. The molecule has 8 atom stereocenters. The van der Waals surface area contributed by atoms with Crippen molar-refractivity contribution in [2.75, 3.05) is 13.2 Å². The van der Waals surface area contributed by atoms with Gasteiger partial charge in [-0.3, -0.25) is 9.59 Å². The van der Waals surface area contributed by atoms with Gasteiger partial charge in [0.25, 0.3) is 0 Å². The molecule has 1 rings (SSSR count). The highest BCUT2D eigenvalue weighted by atomic mass is 16.7. The van der Waals surface area contributed by atoms with Gasteiger partial charge in [-0.05, 0) is 109 Å². The number of amides is 1. The molecule has 0 aromatic carbocycles. The number of rotatable bonds is 65. The summed E-state index contributed by atoms with van der Waals surface area (Å²) in [5.74, 6) is -1.20. The molecule has 1 fully saturated rings. The fourth-order valence-electron chi connectivity index (χ4n) is 11.5. The molecule has 0 spiro atoms. The van der Waals surface area contributed by atoms with Gasteiger partial charge in [-0.2, -0.15) is 0 Å². The molecule has 0 bridgehead atoms. The van der Waals surface area contributed by atoms with E-state index in [-0.39, 0.29) is 19.4 Å². The smallest absolute Gasteiger partial charge is 0.306 e. The minimum atomic E-state index is -1.62.